The maximum Gasteiger partial charge on any atom is 0.267 e. The number of carbonyl (C=O) groups is 1. The van der Waals surface area contributed by atoms with Gasteiger partial charge in [-0.15, -0.1) is 0 Å². The van der Waals surface area contributed by atoms with Crippen LogP contribution in [0.3, 0.4) is 0 Å². The molecule has 0 saturated heterocycles. The largest absolute Gasteiger partial charge is 0.357 e. The number of amides is 1. The molecule has 20 heavy (non-hydrogen) atoms. The van der Waals surface area contributed by atoms with Crippen LogP contribution in [-0.2, 0) is 16.4 Å². The van der Waals surface area contributed by atoms with E-state index in [9.17, 15) is 13.2 Å². The summed E-state index contributed by atoms with van der Waals surface area (Å²) in [4.78, 5) is 14.8. The molecule has 2 rings (SSSR count). The zero-order valence-electron chi connectivity index (χ0n) is 11.1. The standard InChI is InChI=1S/C14H16N2O3S/c1-2-20(18,19)12-7-5-11(6-8-12)10-16-14(17)13-4-3-9-15-13/h3-9,15H,2,10H2,1H3,(H,16,17). The highest BCUT2D eigenvalue weighted by molar-refractivity contribution is 7.91. The number of rotatable bonds is 5. The number of hydrogen-bond donors (Lipinski definition) is 2. The van der Waals surface area contributed by atoms with Crippen molar-refractivity contribution in [2.45, 2.75) is 18.4 Å². The Morgan fingerprint density at radius 1 is 1.20 bits per heavy atom. The van der Waals surface area contributed by atoms with Crippen LogP contribution in [-0.4, -0.2) is 25.1 Å². The van der Waals surface area contributed by atoms with Crippen LogP contribution in [0.1, 0.15) is 23.0 Å². The molecule has 1 aromatic carbocycles. The molecule has 0 aliphatic rings. The van der Waals surface area contributed by atoms with Gasteiger partial charge in [0, 0.05) is 12.7 Å². The Bertz CT molecular complexity index is 674. The van der Waals surface area contributed by atoms with Crippen molar-refractivity contribution in [3.05, 3.63) is 53.9 Å². The van der Waals surface area contributed by atoms with Crippen LogP contribution in [0.25, 0.3) is 0 Å². The van der Waals surface area contributed by atoms with E-state index in [0.29, 0.717) is 17.1 Å². The number of carbonyl (C=O) groups excluding carboxylic acids is 1. The van der Waals surface area contributed by atoms with E-state index < -0.39 is 9.84 Å². The molecule has 6 heteroatoms. The van der Waals surface area contributed by atoms with E-state index in [0.717, 1.165) is 5.56 Å². The second-order valence-electron chi connectivity index (χ2n) is 4.31. The van der Waals surface area contributed by atoms with Crippen molar-refractivity contribution in [2.24, 2.45) is 0 Å². The summed E-state index contributed by atoms with van der Waals surface area (Å²) in [5.74, 6) is -0.115. The zero-order chi connectivity index (χ0) is 14.6. The van der Waals surface area contributed by atoms with Gasteiger partial charge in [0.15, 0.2) is 9.84 Å². The minimum absolute atomic E-state index is 0.0793. The van der Waals surface area contributed by atoms with E-state index in [-0.39, 0.29) is 11.7 Å². The first-order valence-corrected chi connectivity index (χ1v) is 7.91. The molecular formula is C14H16N2O3S. The molecule has 0 unspecified atom stereocenters. The summed E-state index contributed by atoms with van der Waals surface area (Å²) < 4.78 is 23.3. The summed E-state index contributed by atoms with van der Waals surface area (Å²) in [6.07, 6.45) is 1.68. The topological polar surface area (TPSA) is 79.0 Å². The summed E-state index contributed by atoms with van der Waals surface area (Å²) >= 11 is 0. The highest BCUT2D eigenvalue weighted by Crippen LogP contribution is 2.12. The Balaban J connectivity index is 2.00. The first kappa shape index (κ1) is 14.3. The van der Waals surface area contributed by atoms with E-state index in [1.165, 1.54) is 0 Å². The first-order valence-electron chi connectivity index (χ1n) is 6.26. The predicted octanol–water partition coefficient (Wildman–Crippen LogP) is 1.74. The molecule has 0 bridgehead atoms. The number of H-pyrrole nitrogens is 1. The lowest BCUT2D eigenvalue weighted by atomic mass is 10.2. The molecule has 1 heterocycles. The third-order valence-electron chi connectivity index (χ3n) is 2.96. The monoisotopic (exact) mass is 292 g/mol. The number of hydrogen-bond acceptors (Lipinski definition) is 3. The quantitative estimate of drug-likeness (QED) is 0.881. The SMILES string of the molecule is CCS(=O)(=O)c1ccc(CNC(=O)c2ccc[nH]2)cc1. The minimum atomic E-state index is -3.17. The second kappa shape index (κ2) is 5.92. The molecule has 1 amide bonds. The van der Waals surface area contributed by atoms with Crippen LogP contribution >= 0.6 is 0 Å². The van der Waals surface area contributed by atoms with Crippen molar-refractivity contribution in [3.63, 3.8) is 0 Å². The minimum Gasteiger partial charge on any atom is -0.357 e. The average molecular weight is 292 g/mol. The van der Waals surface area contributed by atoms with Gasteiger partial charge in [-0.25, -0.2) is 8.42 Å². The smallest absolute Gasteiger partial charge is 0.267 e. The number of nitrogens with one attached hydrogen (secondary N) is 2. The zero-order valence-corrected chi connectivity index (χ0v) is 11.9. The first-order chi connectivity index (χ1) is 9.53. The Morgan fingerprint density at radius 2 is 1.90 bits per heavy atom. The number of aromatic amines is 1. The lowest BCUT2D eigenvalue weighted by Gasteiger charge is -2.06. The molecule has 0 radical (unpaired) electrons. The molecule has 0 spiro atoms. The number of aromatic nitrogens is 1. The highest BCUT2D eigenvalue weighted by Gasteiger charge is 2.11. The van der Waals surface area contributed by atoms with Gasteiger partial charge in [-0.2, -0.15) is 0 Å². The van der Waals surface area contributed by atoms with Crippen LogP contribution in [0.15, 0.2) is 47.5 Å². The highest BCUT2D eigenvalue weighted by atomic mass is 32.2. The third kappa shape index (κ3) is 3.27. The molecule has 2 aromatic rings. The van der Waals surface area contributed by atoms with Gasteiger partial charge in [-0.1, -0.05) is 19.1 Å². The van der Waals surface area contributed by atoms with Crippen LogP contribution < -0.4 is 5.32 Å². The Labute approximate surface area is 117 Å². The summed E-state index contributed by atoms with van der Waals surface area (Å²) in [7, 11) is -3.17. The number of sulfone groups is 1. The Hall–Kier alpha value is -2.08. The van der Waals surface area contributed by atoms with Gasteiger partial charge in [0.25, 0.3) is 5.91 Å². The van der Waals surface area contributed by atoms with Crippen molar-refractivity contribution >= 4 is 15.7 Å². The summed E-state index contributed by atoms with van der Waals surface area (Å²) in [5.41, 5.74) is 1.34. The van der Waals surface area contributed by atoms with Gasteiger partial charge in [-0.3, -0.25) is 4.79 Å². The molecule has 0 aliphatic carbocycles. The summed E-state index contributed by atoms with van der Waals surface area (Å²) in [5, 5.41) is 2.75. The predicted molar refractivity (Wildman–Crippen MR) is 76.1 cm³/mol. The van der Waals surface area contributed by atoms with Gasteiger partial charge < -0.3 is 10.3 Å². The van der Waals surface area contributed by atoms with Crippen molar-refractivity contribution in [1.29, 1.82) is 0 Å². The van der Waals surface area contributed by atoms with Gasteiger partial charge in [0.2, 0.25) is 0 Å². The maximum absolute atomic E-state index is 11.7. The van der Waals surface area contributed by atoms with Crippen LogP contribution in [0.5, 0.6) is 0 Å². The molecule has 0 saturated carbocycles. The summed E-state index contributed by atoms with van der Waals surface area (Å²) in [6, 6.07) is 9.98. The maximum atomic E-state index is 11.7. The van der Waals surface area contributed by atoms with Gasteiger partial charge in [-0.05, 0) is 29.8 Å². The normalized spacial score (nSPS) is 11.2. The molecule has 106 valence electrons. The van der Waals surface area contributed by atoms with E-state index in [4.69, 9.17) is 0 Å². The van der Waals surface area contributed by atoms with Crippen molar-refractivity contribution in [3.8, 4) is 0 Å². The molecule has 0 atom stereocenters. The molecular weight excluding hydrogens is 276 g/mol. The van der Waals surface area contributed by atoms with Gasteiger partial charge >= 0.3 is 0 Å². The fourth-order valence-electron chi connectivity index (χ4n) is 1.73. The Kier molecular flexibility index (Phi) is 4.24. The molecule has 1 aromatic heterocycles. The van der Waals surface area contributed by atoms with E-state index in [1.807, 2.05) is 0 Å². The summed E-state index contributed by atoms with van der Waals surface area (Å²) in [6.45, 7) is 1.96. The second-order valence-corrected chi connectivity index (χ2v) is 6.59. The molecule has 2 N–H and O–H groups in total. The van der Waals surface area contributed by atoms with E-state index >= 15 is 0 Å². The van der Waals surface area contributed by atoms with Crippen LogP contribution in [0.4, 0.5) is 0 Å². The van der Waals surface area contributed by atoms with E-state index in [2.05, 4.69) is 10.3 Å². The van der Waals surface area contributed by atoms with Crippen LogP contribution in [0.2, 0.25) is 0 Å². The third-order valence-corrected chi connectivity index (χ3v) is 4.71. The molecule has 0 fully saturated rings. The Morgan fingerprint density at radius 3 is 2.45 bits per heavy atom. The fourth-order valence-corrected chi connectivity index (χ4v) is 2.61. The molecule has 0 aliphatic heterocycles. The molecule has 5 nitrogen and oxygen atoms in total. The average Bonchev–Trinajstić information content (AvgIpc) is 2.99. The lowest BCUT2D eigenvalue weighted by molar-refractivity contribution is 0.0946. The number of benzene rings is 1. The fraction of sp³-hybridized carbons (Fsp3) is 0.214. The van der Waals surface area contributed by atoms with E-state index in [1.54, 1.807) is 49.5 Å². The van der Waals surface area contributed by atoms with Crippen molar-refractivity contribution < 1.29 is 13.2 Å². The van der Waals surface area contributed by atoms with Gasteiger partial charge in [0.05, 0.1) is 10.6 Å². The van der Waals surface area contributed by atoms with Gasteiger partial charge in [0.1, 0.15) is 5.69 Å². The van der Waals surface area contributed by atoms with Crippen molar-refractivity contribution in [1.82, 2.24) is 10.3 Å². The lowest BCUT2D eigenvalue weighted by Crippen LogP contribution is -2.23. The van der Waals surface area contributed by atoms with Crippen LogP contribution in [0, 0.1) is 0 Å². The van der Waals surface area contributed by atoms with Crippen molar-refractivity contribution in [2.75, 3.05) is 5.75 Å².